The Morgan fingerprint density at radius 1 is 0.857 bits per heavy atom. The third kappa shape index (κ3) is 4.47. The maximum absolute atomic E-state index is 6.21. The lowest BCUT2D eigenvalue weighted by atomic mass is 10.1. The highest BCUT2D eigenvalue weighted by molar-refractivity contribution is 6.30. The summed E-state index contributed by atoms with van der Waals surface area (Å²) in [7, 11) is 0. The first-order valence-corrected chi connectivity index (χ1v) is 9.59. The molecule has 0 aliphatic carbocycles. The Bertz CT molecular complexity index is 1020. The fraction of sp³-hybridized carbons (Fsp3) is 0.130. The van der Waals surface area contributed by atoms with E-state index in [1.807, 2.05) is 72.8 Å². The lowest BCUT2D eigenvalue weighted by Gasteiger charge is -2.16. The number of hydrogen-bond donors (Lipinski definition) is 1. The molecular weight excluding hydrogens is 370 g/mol. The van der Waals surface area contributed by atoms with Crippen LogP contribution in [0.3, 0.4) is 0 Å². The topological polar surface area (TPSA) is 51.0 Å². The maximum atomic E-state index is 6.21. The van der Waals surface area contributed by atoms with Crippen LogP contribution in [0.4, 0.5) is 0 Å². The Labute approximate surface area is 169 Å². The fourth-order valence-corrected chi connectivity index (χ4v) is 3.29. The van der Waals surface area contributed by atoms with Crippen molar-refractivity contribution < 1.29 is 4.42 Å². The highest BCUT2D eigenvalue weighted by Crippen LogP contribution is 2.26. The number of rotatable bonds is 7. The Hall–Kier alpha value is -2.95. The summed E-state index contributed by atoms with van der Waals surface area (Å²) in [6.45, 7) is 0.768. The van der Waals surface area contributed by atoms with Crippen LogP contribution < -0.4 is 5.32 Å². The van der Waals surface area contributed by atoms with Crippen LogP contribution >= 0.6 is 11.6 Å². The predicted molar refractivity (Wildman–Crippen MR) is 111 cm³/mol. The van der Waals surface area contributed by atoms with E-state index in [0.717, 1.165) is 24.1 Å². The first-order chi connectivity index (χ1) is 13.8. The molecule has 4 aromatic rings. The summed E-state index contributed by atoms with van der Waals surface area (Å²) in [5.41, 5.74) is 3.16. The first kappa shape index (κ1) is 18.4. The van der Waals surface area contributed by atoms with Gasteiger partial charge in [0.25, 0.3) is 0 Å². The van der Waals surface area contributed by atoms with Crippen molar-refractivity contribution in [3.8, 4) is 11.5 Å². The first-order valence-electron chi connectivity index (χ1n) is 9.21. The number of nitrogens with zero attached hydrogens (tertiary/aromatic N) is 2. The molecule has 140 valence electrons. The Balaban J connectivity index is 1.57. The molecule has 3 aromatic carbocycles. The molecule has 0 aliphatic rings. The van der Waals surface area contributed by atoms with E-state index in [1.165, 1.54) is 5.56 Å². The average Bonchev–Trinajstić information content (AvgIpc) is 3.22. The molecule has 4 nitrogen and oxygen atoms in total. The molecule has 0 aliphatic heterocycles. The molecule has 0 amide bonds. The van der Waals surface area contributed by atoms with Crippen molar-refractivity contribution in [3.05, 3.63) is 107 Å². The van der Waals surface area contributed by atoms with Crippen LogP contribution in [0, 0.1) is 0 Å². The molecule has 0 saturated carbocycles. The quantitative estimate of drug-likeness (QED) is 0.465. The van der Waals surface area contributed by atoms with E-state index in [1.54, 1.807) is 0 Å². The van der Waals surface area contributed by atoms with Gasteiger partial charge < -0.3 is 9.73 Å². The molecule has 0 fully saturated rings. The van der Waals surface area contributed by atoms with Crippen molar-refractivity contribution in [1.82, 2.24) is 15.5 Å². The Kier molecular flexibility index (Phi) is 5.80. The lowest BCUT2D eigenvalue weighted by molar-refractivity contribution is 0.440. The highest BCUT2D eigenvalue weighted by Gasteiger charge is 2.21. The van der Waals surface area contributed by atoms with Crippen molar-refractivity contribution in [2.45, 2.75) is 12.5 Å². The molecule has 0 spiro atoms. The number of halogens is 1. The minimum Gasteiger partial charge on any atom is -0.419 e. The van der Waals surface area contributed by atoms with Gasteiger partial charge in [0, 0.05) is 17.1 Å². The summed E-state index contributed by atoms with van der Waals surface area (Å²) in [5, 5.41) is 12.7. The van der Waals surface area contributed by atoms with Crippen molar-refractivity contribution >= 4 is 11.6 Å². The van der Waals surface area contributed by atoms with Crippen LogP contribution in [0.15, 0.2) is 89.3 Å². The third-order valence-corrected chi connectivity index (χ3v) is 4.73. The standard InChI is InChI=1S/C23H20ClN3O/c24-20-13-7-12-19(16-20)21(25-15-14-17-8-3-1-4-9-17)23-27-26-22(28-23)18-10-5-2-6-11-18/h1-13,16,21,25H,14-15H2/t21-/m0/s1. The summed E-state index contributed by atoms with van der Waals surface area (Å²) in [4.78, 5) is 0. The molecule has 0 bridgehead atoms. The van der Waals surface area contributed by atoms with Crippen molar-refractivity contribution in [2.24, 2.45) is 0 Å². The molecule has 1 atom stereocenters. The Morgan fingerprint density at radius 2 is 1.61 bits per heavy atom. The zero-order valence-electron chi connectivity index (χ0n) is 15.3. The van der Waals surface area contributed by atoms with E-state index in [4.69, 9.17) is 16.0 Å². The van der Waals surface area contributed by atoms with Crippen LogP contribution in [0.5, 0.6) is 0 Å². The molecule has 0 saturated heterocycles. The summed E-state index contributed by atoms with van der Waals surface area (Å²) in [5.74, 6) is 1.03. The number of hydrogen-bond acceptors (Lipinski definition) is 4. The zero-order valence-corrected chi connectivity index (χ0v) is 16.0. The van der Waals surface area contributed by atoms with Crippen molar-refractivity contribution in [3.63, 3.8) is 0 Å². The molecule has 28 heavy (non-hydrogen) atoms. The smallest absolute Gasteiger partial charge is 0.247 e. The molecule has 1 N–H and O–H groups in total. The normalized spacial score (nSPS) is 12.0. The molecule has 1 heterocycles. The second kappa shape index (κ2) is 8.83. The van der Waals surface area contributed by atoms with Gasteiger partial charge in [-0.2, -0.15) is 0 Å². The zero-order chi connectivity index (χ0) is 19.2. The van der Waals surface area contributed by atoms with Gasteiger partial charge in [-0.1, -0.05) is 72.3 Å². The van der Waals surface area contributed by atoms with Gasteiger partial charge in [-0.3, -0.25) is 0 Å². The summed E-state index contributed by atoms with van der Waals surface area (Å²) in [6, 6.07) is 27.6. The summed E-state index contributed by atoms with van der Waals surface area (Å²) >= 11 is 6.21. The van der Waals surface area contributed by atoms with Crippen molar-refractivity contribution in [1.29, 1.82) is 0 Å². The maximum Gasteiger partial charge on any atom is 0.247 e. The van der Waals surface area contributed by atoms with E-state index in [2.05, 4.69) is 27.6 Å². The molecule has 5 heteroatoms. The third-order valence-electron chi connectivity index (χ3n) is 4.50. The Morgan fingerprint density at radius 3 is 2.36 bits per heavy atom. The van der Waals surface area contributed by atoms with Gasteiger partial charge >= 0.3 is 0 Å². The van der Waals surface area contributed by atoms with Crippen LogP contribution in [0.1, 0.15) is 23.1 Å². The van der Waals surface area contributed by atoms with Gasteiger partial charge in [0.15, 0.2) is 0 Å². The van der Waals surface area contributed by atoms with Gasteiger partial charge in [-0.15, -0.1) is 10.2 Å². The number of nitrogens with one attached hydrogen (secondary N) is 1. The number of benzene rings is 3. The predicted octanol–water partition coefficient (Wildman–Crippen LogP) is 5.31. The molecule has 1 aromatic heterocycles. The van der Waals surface area contributed by atoms with Crippen molar-refractivity contribution in [2.75, 3.05) is 6.54 Å². The fourth-order valence-electron chi connectivity index (χ4n) is 3.09. The van der Waals surface area contributed by atoms with Crippen LogP contribution in [-0.4, -0.2) is 16.7 Å². The van der Waals surface area contributed by atoms with E-state index in [9.17, 15) is 0 Å². The summed E-state index contributed by atoms with van der Waals surface area (Å²) in [6.07, 6.45) is 0.900. The molecular formula is C23H20ClN3O. The van der Waals surface area contributed by atoms with Crippen LogP contribution in [0.25, 0.3) is 11.5 Å². The van der Waals surface area contributed by atoms with Gasteiger partial charge in [0.1, 0.15) is 6.04 Å². The largest absolute Gasteiger partial charge is 0.419 e. The monoisotopic (exact) mass is 389 g/mol. The molecule has 0 unspecified atom stereocenters. The van der Waals surface area contributed by atoms with Crippen LogP contribution in [-0.2, 0) is 6.42 Å². The minimum atomic E-state index is -0.229. The lowest BCUT2D eigenvalue weighted by Crippen LogP contribution is -2.25. The molecule has 0 radical (unpaired) electrons. The second-order valence-electron chi connectivity index (χ2n) is 6.49. The minimum absolute atomic E-state index is 0.229. The van der Waals surface area contributed by atoms with Gasteiger partial charge in [-0.25, -0.2) is 0 Å². The number of aromatic nitrogens is 2. The SMILES string of the molecule is Clc1cccc([C@H](NCCc2ccccc2)c2nnc(-c3ccccc3)o2)c1. The van der Waals surface area contributed by atoms with Gasteiger partial charge in [0.05, 0.1) is 0 Å². The van der Waals surface area contributed by atoms with Gasteiger partial charge in [-0.05, 0) is 41.8 Å². The van der Waals surface area contributed by atoms with E-state index < -0.39 is 0 Å². The van der Waals surface area contributed by atoms with Crippen LogP contribution in [0.2, 0.25) is 5.02 Å². The van der Waals surface area contributed by atoms with E-state index in [-0.39, 0.29) is 6.04 Å². The van der Waals surface area contributed by atoms with E-state index >= 15 is 0 Å². The second-order valence-corrected chi connectivity index (χ2v) is 6.93. The van der Waals surface area contributed by atoms with E-state index in [0.29, 0.717) is 16.8 Å². The average molecular weight is 390 g/mol. The highest BCUT2D eigenvalue weighted by atomic mass is 35.5. The summed E-state index contributed by atoms with van der Waals surface area (Å²) < 4.78 is 6.00. The van der Waals surface area contributed by atoms with Gasteiger partial charge in [0.2, 0.25) is 11.8 Å². The molecule has 4 rings (SSSR count).